The molecular formula is C46H69NO10. The van der Waals surface area contributed by atoms with E-state index in [0.717, 1.165) is 63.5 Å². The van der Waals surface area contributed by atoms with E-state index in [1.54, 1.807) is 0 Å². The van der Waals surface area contributed by atoms with Gasteiger partial charge in [0.15, 0.2) is 6.29 Å². The highest BCUT2D eigenvalue weighted by Gasteiger charge is 2.78. The number of hydrogen-bond donors (Lipinski definition) is 7. The summed E-state index contributed by atoms with van der Waals surface area (Å²) in [6.07, 6.45) is 5.85. The van der Waals surface area contributed by atoms with Crippen molar-refractivity contribution >= 4 is 5.97 Å². The third-order valence-corrected chi connectivity index (χ3v) is 18.4. The Morgan fingerprint density at radius 1 is 0.895 bits per heavy atom. The van der Waals surface area contributed by atoms with Crippen LogP contribution in [-0.4, -0.2) is 100 Å². The minimum absolute atomic E-state index is 0.0177. The number of ether oxygens (including phenoxy) is 3. The Morgan fingerprint density at radius 3 is 2.30 bits per heavy atom. The van der Waals surface area contributed by atoms with E-state index in [2.05, 4.69) is 63.4 Å². The topological polar surface area (TPSA) is 178 Å². The fraction of sp³-hybridized carbons (Fsp3) is 0.804. The van der Waals surface area contributed by atoms with Gasteiger partial charge in [0.05, 0.1) is 37.4 Å². The van der Waals surface area contributed by atoms with E-state index < -0.39 is 53.6 Å². The summed E-state index contributed by atoms with van der Waals surface area (Å²) in [6.45, 7) is 10.00. The van der Waals surface area contributed by atoms with E-state index in [4.69, 9.17) is 14.2 Å². The molecule has 0 aromatic heterocycles. The maximum absolute atomic E-state index is 13.3. The molecule has 8 rings (SSSR count). The second kappa shape index (κ2) is 14.6. The standard InChI is InChI=1S/C46H69NO10/c1-40(26-48)17-18-44(39(53)54)19-20-45-13-6-14-46(16-11-30(45)31(44)21-40)42(3)22-33(55-24-29-9-7-28(8-10-29)23-47-5)37(57-38-36(52)35(51)32(50)25-56-38)41(2,27-49)34(42)12-15-43(45,46)4/h7-11,31-38,47-52H,6,12-27H2,1-5H3,(H,53,54). The second-order valence-electron chi connectivity index (χ2n) is 20.8. The van der Waals surface area contributed by atoms with Crippen LogP contribution in [0, 0.1) is 49.7 Å². The van der Waals surface area contributed by atoms with Crippen molar-refractivity contribution in [3.8, 4) is 0 Å². The summed E-state index contributed by atoms with van der Waals surface area (Å²) < 4.78 is 19.6. The summed E-state index contributed by atoms with van der Waals surface area (Å²) in [4.78, 5) is 13.3. The van der Waals surface area contributed by atoms with Crippen LogP contribution in [-0.2, 0) is 32.2 Å². The molecule has 7 N–H and O–H groups in total. The van der Waals surface area contributed by atoms with Gasteiger partial charge >= 0.3 is 5.97 Å². The molecule has 57 heavy (non-hydrogen) atoms. The number of aliphatic hydroxyl groups excluding tert-OH is 5. The molecule has 6 fully saturated rings. The Kier molecular flexibility index (Phi) is 10.7. The van der Waals surface area contributed by atoms with Gasteiger partial charge in [-0.2, -0.15) is 0 Å². The monoisotopic (exact) mass is 795 g/mol. The number of carboxylic acid groups (broad SMARTS) is 1. The average molecular weight is 796 g/mol. The molecule has 1 saturated heterocycles. The van der Waals surface area contributed by atoms with Crippen LogP contribution in [0.2, 0.25) is 0 Å². The number of aliphatic carboxylic acids is 1. The third kappa shape index (κ3) is 5.87. The lowest BCUT2D eigenvalue weighted by molar-refractivity contribution is -0.346. The van der Waals surface area contributed by atoms with Crippen LogP contribution < -0.4 is 5.32 Å². The van der Waals surface area contributed by atoms with Gasteiger partial charge in [-0.05, 0) is 128 Å². The minimum Gasteiger partial charge on any atom is -0.481 e. The summed E-state index contributed by atoms with van der Waals surface area (Å²) in [6, 6.07) is 8.34. The molecule has 2 bridgehead atoms. The van der Waals surface area contributed by atoms with E-state index >= 15 is 0 Å². The van der Waals surface area contributed by atoms with Crippen LogP contribution in [0.3, 0.4) is 0 Å². The highest BCUT2D eigenvalue weighted by atomic mass is 16.7. The molecule has 1 spiro atoms. The molecule has 15 unspecified atom stereocenters. The zero-order valence-corrected chi connectivity index (χ0v) is 34.8. The van der Waals surface area contributed by atoms with Crippen LogP contribution in [0.15, 0.2) is 35.9 Å². The predicted octanol–water partition coefficient (Wildman–Crippen LogP) is 5.09. The number of fused-ring (bicyclic) bond motifs is 3. The van der Waals surface area contributed by atoms with Crippen molar-refractivity contribution in [1.29, 1.82) is 0 Å². The highest BCUT2D eigenvalue weighted by Crippen LogP contribution is 2.84. The molecular weight excluding hydrogens is 727 g/mol. The predicted molar refractivity (Wildman–Crippen MR) is 212 cm³/mol. The fourth-order valence-corrected chi connectivity index (χ4v) is 15.2. The SMILES string of the molecule is CNCc1ccc(COC2CC3(C)C(CCC4(C)C56CCCC34CC=C5C3CC(C)(CO)CCC3(C(=O)O)CC6)C(C)(CO)C2OC2OCC(O)C(O)C2O)cc1. The van der Waals surface area contributed by atoms with Crippen molar-refractivity contribution in [2.24, 2.45) is 49.7 Å². The fourth-order valence-electron chi connectivity index (χ4n) is 15.2. The van der Waals surface area contributed by atoms with Gasteiger partial charge in [0, 0.05) is 18.6 Å². The Morgan fingerprint density at radius 2 is 1.61 bits per heavy atom. The lowest BCUT2D eigenvalue weighted by atomic mass is 9.25. The molecule has 11 heteroatoms. The van der Waals surface area contributed by atoms with Crippen LogP contribution >= 0.6 is 0 Å². The lowest BCUT2D eigenvalue weighted by Crippen LogP contribution is -2.74. The zero-order valence-electron chi connectivity index (χ0n) is 34.8. The number of benzene rings is 1. The quantitative estimate of drug-likeness (QED) is 0.124. The largest absolute Gasteiger partial charge is 0.481 e. The normalized spacial score (nSPS) is 49.1. The number of hydrogen-bond acceptors (Lipinski definition) is 10. The van der Waals surface area contributed by atoms with Gasteiger partial charge < -0.3 is 50.2 Å². The zero-order chi connectivity index (χ0) is 40.8. The number of nitrogens with one attached hydrogen (secondary N) is 1. The first-order valence-electron chi connectivity index (χ1n) is 21.8. The molecule has 1 aromatic rings. The Bertz CT molecular complexity index is 1710. The van der Waals surface area contributed by atoms with Crippen LogP contribution in [0.5, 0.6) is 0 Å². The summed E-state index contributed by atoms with van der Waals surface area (Å²) in [7, 11) is 1.92. The van der Waals surface area contributed by atoms with Crippen molar-refractivity contribution < 1.29 is 49.6 Å². The number of carbonyl (C=O) groups is 1. The number of allylic oxidation sites excluding steroid dienone is 2. The Hall–Kier alpha value is -1.93. The highest BCUT2D eigenvalue weighted by molar-refractivity contribution is 5.76. The van der Waals surface area contributed by atoms with E-state index in [9.17, 15) is 35.4 Å². The summed E-state index contributed by atoms with van der Waals surface area (Å²) in [5, 5.41) is 68.4. The molecule has 318 valence electrons. The maximum Gasteiger partial charge on any atom is 0.310 e. The van der Waals surface area contributed by atoms with E-state index in [-0.39, 0.29) is 58.7 Å². The molecule has 1 heterocycles. The first-order chi connectivity index (χ1) is 27.0. The van der Waals surface area contributed by atoms with E-state index in [1.165, 1.54) is 11.1 Å². The van der Waals surface area contributed by atoms with Gasteiger partial charge in [0.2, 0.25) is 0 Å². The Balaban J connectivity index is 1.20. The van der Waals surface area contributed by atoms with Gasteiger partial charge in [-0.3, -0.25) is 4.79 Å². The van der Waals surface area contributed by atoms with Crippen LogP contribution in [0.4, 0.5) is 0 Å². The van der Waals surface area contributed by atoms with Crippen molar-refractivity contribution in [2.75, 3.05) is 26.9 Å². The molecule has 5 saturated carbocycles. The van der Waals surface area contributed by atoms with Gasteiger partial charge in [0.25, 0.3) is 0 Å². The minimum atomic E-state index is -1.48. The van der Waals surface area contributed by atoms with Crippen molar-refractivity contribution in [3.63, 3.8) is 0 Å². The van der Waals surface area contributed by atoms with Crippen molar-refractivity contribution in [3.05, 3.63) is 47.0 Å². The van der Waals surface area contributed by atoms with E-state index in [0.29, 0.717) is 32.3 Å². The number of rotatable bonds is 10. The van der Waals surface area contributed by atoms with Crippen LogP contribution in [0.25, 0.3) is 0 Å². The average Bonchev–Trinajstić information content (AvgIpc) is 3.18. The van der Waals surface area contributed by atoms with Crippen LogP contribution in [0.1, 0.15) is 116 Å². The summed E-state index contributed by atoms with van der Waals surface area (Å²) in [5.74, 6) is -0.769. The van der Waals surface area contributed by atoms with Gasteiger partial charge in [-0.1, -0.05) is 70.0 Å². The van der Waals surface area contributed by atoms with Crippen molar-refractivity contribution in [1.82, 2.24) is 5.32 Å². The smallest absolute Gasteiger partial charge is 0.310 e. The maximum atomic E-state index is 13.3. The molecule has 6 aliphatic carbocycles. The van der Waals surface area contributed by atoms with Gasteiger partial charge in [-0.25, -0.2) is 0 Å². The number of carboxylic acids is 1. The molecule has 11 nitrogen and oxygen atoms in total. The first-order valence-corrected chi connectivity index (χ1v) is 21.8. The molecule has 0 radical (unpaired) electrons. The van der Waals surface area contributed by atoms with E-state index in [1.807, 2.05) is 7.05 Å². The summed E-state index contributed by atoms with van der Waals surface area (Å²) in [5.41, 5.74) is 0.847. The number of aliphatic hydroxyl groups is 5. The first kappa shape index (κ1) is 41.8. The molecule has 15 atom stereocenters. The summed E-state index contributed by atoms with van der Waals surface area (Å²) >= 11 is 0. The Labute approximate surface area is 338 Å². The molecule has 7 aliphatic rings. The third-order valence-electron chi connectivity index (χ3n) is 18.4. The van der Waals surface area contributed by atoms with Gasteiger partial charge in [-0.15, -0.1) is 0 Å². The van der Waals surface area contributed by atoms with Crippen molar-refractivity contribution in [2.45, 2.75) is 155 Å². The molecule has 0 amide bonds. The lowest BCUT2D eigenvalue weighted by Gasteiger charge is -2.79. The molecule has 1 aliphatic heterocycles. The molecule has 1 aromatic carbocycles. The second-order valence-corrected chi connectivity index (χ2v) is 20.8. The van der Waals surface area contributed by atoms with Gasteiger partial charge in [0.1, 0.15) is 18.3 Å².